The number of hydrogen-bond donors (Lipinski definition) is 1. The van der Waals surface area contributed by atoms with Gasteiger partial charge in [-0.15, -0.1) is 0 Å². The molecule has 0 atom stereocenters. The van der Waals surface area contributed by atoms with Gasteiger partial charge in [-0.2, -0.15) is 0 Å². The maximum absolute atomic E-state index is 11.2. The summed E-state index contributed by atoms with van der Waals surface area (Å²) in [5, 5.41) is 0. The van der Waals surface area contributed by atoms with Crippen LogP contribution in [0.2, 0.25) is 0 Å². The highest BCUT2D eigenvalue weighted by molar-refractivity contribution is 7.92. The summed E-state index contributed by atoms with van der Waals surface area (Å²) in [5.74, 6) is 0.385. The second-order valence-corrected chi connectivity index (χ2v) is 4.97. The van der Waals surface area contributed by atoms with Crippen molar-refractivity contribution in [3.63, 3.8) is 0 Å². The summed E-state index contributed by atoms with van der Waals surface area (Å²) < 4.78 is 23.5. The molecule has 0 aromatic carbocycles. The van der Waals surface area contributed by atoms with Crippen LogP contribution in [0.4, 0.5) is 5.82 Å². The topological polar surface area (TPSA) is 76.3 Å². The van der Waals surface area contributed by atoms with Gasteiger partial charge in [-0.3, -0.25) is 4.31 Å². The van der Waals surface area contributed by atoms with Crippen LogP contribution < -0.4 is 10.0 Å². The molecule has 0 bridgehead atoms. The summed E-state index contributed by atoms with van der Waals surface area (Å²) >= 11 is 0. The number of pyridine rings is 1. The fourth-order valence-electron chi connectivity index (χ4n) is 0.930. The van der Waals surface area contributed by atoms with Crippen LogP contribution in [-0.4, -0.2) is 26.7 Å². The number of nitrogens with two attached hydrogens (primary N) is 1. The molecular weight excluding hydrogens is 202 g/mol. The van der Waals surface area contributed by atoms with Gasteiger partial charge in [0.15, 0.2) is 0 Å². The van der Waals surface area contributed by atoms with Crippen molar-refractivity contribution in [3.8, 4) is 0 Å². The van der Waals surface area contributed by atoms with Gasteiger partial charge in [0.1, 0.15) is 5.82 Å². The smallest absolute Gasteiger partial charge is 0.233 e. The second kappa shape index (κ2) is 3.93. The number of aromatic nitrogens is 1. The molecule has 2 N–H and O–H groups in total. The largest absolute Gasteiger partial charge is 0.326 e. The fourth-order valence-corrected chi connectivity index (χ4v) is 1.37. The molecule has 0 fully saturated rings. The minimum Gasteiger partial charge on any atom is -0.326 e. The molecule has 0 radical (unpaired) electrons. The van der Waals surface area contributed by atoms with Crippen LogP contribution >= 0.6 is 0 Å². The van der Waals surface area contributed by atoms with E-state index in [1.165, 1.54) is 7.05 Å². The second-order valence-electron chi connectivity index (χ2n) is 2.96. The Morgan fingerprint density at radius 2 is 2.21 bits per heavy atom. The third kappa shape index (κ3) is 2.43. The minimum absolute atomic E-state index is 0.368. The highest BCUT2D eigenvalue weighted by Gasteiger charge is 2.12. The quantitative estimate of drug-likeness (QED) is 0.766. The van der Waals surface area contributed by atoms with Gasteiger partial charge >= 0.3 is 0 Å². The number of rotatable bonds is 3. The third-order valence-corrected chi connectivity index (χ3v) is 3.05. The molecule has 0 saturated heterocycles. The van der Waals surface area contributed by atoms with Crippen molar-refractivity contribution in [2.45, 2.75) is 6.54 Å². The summed E-state index contributed by atoms with van der Waals surface area (Å²) in [6, 6.07) is 3.40. The molecule has 1 heterocycles. The maximum atomic E-state index is 11.2. The molecule has 14 heavy (non-hydrogen) atoms. The number of hydrogen-bond acceptors (Lipinski definition) is 4. The van der Waals surface area contributed by atoms with Gasteiger partial charge in [-0.1, -0.05) is 0 Å². The first-order valence-corrected chi connectivity index (χ1v) is 5.89. The lowest BCUT2D eigenvalue weighted by molar-refractivity contribution is 0.600. The van der Waals surface area contributed by atoms with Crippen molar-refractivity contribution < 1.29 is 8.42 Å². The normalized spacial score (nSPS) is 11.4. The monoisotopic (exact) mass is 215 g/mol. The summed E-state index contributed by atoms with van der Waals surface area (Å²) in [4.78, 5) is 3.94. The fraction of sp³-hybridized carbons (Fsp3) is 0.375. The Hall–Kier alpha value is -1.14. The van der Waals surface area contributed by atoms with Gasteiger partial charge < -0.3 is 5.73 Å². The van der Waals surface area contributed by atoms with E-state index in [0.717, 1.165) is 16.1 Å². The lowest BCUT2D eigenvalue weighted by Gasteiger charge is -2.15. The zero-order valence-electron chi connectivity index (χ0n) is 8.14. The van der Waals surface area contributed by atoms with Crippen molar-refractivity contribution in [1.29, 1.82) is 0 Å². The van der Waals surface area contributed by atoms with E-state index >= 15 is 0 Å². The van der Waals surface area contributed by atoms with E-state index in [2.05, 4.69) is 4.98 Å². The van der Waals surface area contributed by atoms with E-state index in [0.29, 0.717) is 12.4 Å². The van der Waals surface area contributed by atoms with Crippen molar-refractivity contribution in [2.75, 3.05) is 17.6 Å². The number of sulfonamides is 1. The van der Waals surface area contributed by atoms with E-state index in [1.807, 2.05) is 0 Å². The summed E-state index contributed by atoms with van der Waals surface area (Å²) in [6.07, 6.45) is 2.67. The summed E-state index contributed by atoms with van der Waals surface area (Å²) in [7, 11) is -1.79. The Morgan fingerprint density at radius 3 is 2.71 bits per heavy atom. The Balaban J connectivity index is 3.08. The average Bonchev–Trinajstić information content (AvgIpc) is 2.15. The predicted molar refractivity (Wildman–Crippen MR) is 55.4 cm³/mol. The van der Waals surface area contributed by atoms with Crippen LogP contribution in [0, 0.1) is 0 Å². The van der Waals surface area contributed by atoms with Crippen LogP contribution in [0.15, 0.2) is 18.3 Å². The van der Waals surface area contributed by atoms with Gasteiger partial charge in [-0.05, 0) is 17.7 Å². The highest BCUT2D eigenvalue weighted by Crippen LogP contribution is 2.13. The third-order valence-electron chi connectivity index (χ3n) is 1.87. The predicted octanol–water partition coefficient (Wildman–Crippen LogP) is -0.0639. The Kier molecular flexibility index (Phi) is 3.07. The van der Waals surface area contributed by atoms with E-state index in [9.17, 15) is 8.42 Å². The standard InChI is InChI=1S/C8H13N3O2S/c1-11(14(2,12)13)8-5-7(6-9)3-4-10-8/h3-5H,6,9H2,1-2H3. The van der Waals surface area contributed by atoms with Crippen molar-refractivity contribution in [2.24, 2.45) is 5.73 Å². The van der Waals surface area contributed by atoms with Crippen molar-refractivity contribution in [3.05, 3.63) is 23.9 Å². The van der Waals surface area contributed by atoms with Gasteiger partial charge in [0.05, 0.1) is 6.26 Å². The Labute approximate surface area is 83.6 Å². The molecule has 0 spiro atoms. The molecule has 0 aliphatic carbocycles. The molecule has 0 aliphatic heterocycles. The number of anilines is 1. The zero-order valence-corrected chi connectivity index (χ0v) is 8.95. The van der Waals surface area contributed by atoms with E-state index < -0.39 is 10.0 Å². The molecular formula is C8H13N3O2S. The molecule has 6 heteroatoms. The molecule has 0 aliphatic rings. The molecule has 1 rings (SSSR count). The SMILES string of the molecule is CN(c1cc(CN)ccn1)S(C)(=O)=O. The molecule has 0 saturated carbocycles. The van der Waals surface area contributed by atoms with Gasteiger partial charge in [0.25, 0.3) is 0 Å². The lowest BCUT2D eigenvalue weighted by atomic mass is 10.2. The van der Waals surface area contributed by atoms with E-state index in [-0.39, 0.29) is 0 Å². The van der Waals surface area contributed by atoms with Crippen molar-refractivity contribution in [1.82, 2.24) is 4.98 Å². The molecule has 0 unspecified atom stereocenters. The van der Waals surface area contributed by atoms with Crippen LogP contribution in [0.3, 0.4) is 0 Å². The van der Waals surface area contributed by atoms with E-state index in [1.54, 1.807) is 18.3 Å². The van der Waals surface area contributed by atoms with Crippen molar-refractivity contribution >= 4 is 15.8 Å². The molecule has 5 nitrogen and oxygen atoms in total. The zero-order chi connectivity index (χ0) is 10.8. The Bertz CT molecular complexity index is 416. The molecule has 1 aromatic rings. The number of nitrogens with zero attached hydrogens (tertiary/aromatic N) is 2. The molecule has 78 valence electrons. The average molecular weight is 215 g/mol. The first-order valence-electron chi connectivity index (χ1n) is 4.04. The Morgan fingerprint density at radius 1 is 1.57 bits per heavy atom. The maximum Gasteiger partial charge on any atom is 0.233 e. The lowest BCUT2D eigenvalue weighted by Crippen LogP contribution is -2.25. The minimum atomic E-state index is -3.25. The molecule has 1 aromatic heterocycles. The first-order chi connectivity index (χ1) is 6.45. The van der Waals surface area contributed by atoms with Gasteiger partial charge in [0, 0.05) is 19.8 Å². The summed E-state index contributed by atoms with van der Waals surface area (Å²) in [5.41, 5.74) is 6.28. The first kappa shape index (κ1) is 10.9. The summed E-state index contributed by atoms with van der Waals surface area (Å²) in [6.45, 7) is 0.368. The molecule has 0 amide bonds. The van der Waals surface area contributed by atoms with Gasteiger partial charge in [0.2, 0.25) is 10.0 Å². The van der Waals surface area contributed by atoms with Gasteiger partial charge in [-0.25, -0.2) is 13.4 Å². The van der Waals surface area contributed by atoms with Crippen LogP contribution in [0.5, 0.6) is 0 Å². The van der Waals surface area contributed by atoms with Crippen LogP contribution in [0.1, 0.15) is 5.56 Å². The van der Waals surface area contributed by atoms with E-state index in [4.69, 9.17) is 5.73 Å². The highest BCUT2D eigenvalue weighted by atomic mass is 32.2. The van der Waals surface area contributed by atoms with Crippen LogP contribution in [-0.2, 0) is 16.6 Å². The van der Waals surface area contributed by atoms with Crippen LogP contribution in [0.25, 0.3) is 0 Å².